The van der Waals surface area contributed by atoms with Crippen LogP contribution in [0.2, 0.25) is 0 Å². The van der Waals surface area contributed by atoms with Crippen molar-refractivity contribution >= 4 is 11.6 Å². The van der Waals surface area contributed by atoms with Crippen LogP contribution < -0.4 is 4.74 Å². The normalized spacial score (nSPS) is 17.5. The fourth-order valence-electron chi connectivity index (χ4n) is 2.95. The zero-order valence-corrected chi connectivity index (χ0v) is 12.4. The van der Waals surface area contributed by atoms with Crippen molar-refractivity contribution in [3.8, 4) is 5.75 Å². The molecule has 3 rings (SSSR count). The molecule has 1 aliphatic rings. The number of benzene rings is 2. The summed E-state index contributed by atoms with van der Waals surface area (Å²) in [6.45, 7) is 0. The first-order valence-electron chi connectivity index (χ1n) is 7.08. The van der Waals surface area contributed by atoms with Gasteiger partial charge in [0.1, 0.15) is 5.75 Å². The van der Waals surface area contributed by atoms with Gasteiger partial charge in [-0.3, -0.25) is 0 Å². The summed E-state index contributed by atoms with van der Waals surface area (Å²) in [6.07, 6.45) is 3.21. The summed E-state index contributed by atoms with van der Waals surface area (Å²) in [6, 6.07) is 18.8. The Kier molecular flexibility index (Phi) is 3.71. The standard InChI is InChI=1S/C18H19ClO/c1-20-16-10-6-5-7-14(16)13-17(19)18(11-12-18)15-8-3-2-4-9-15/h2-10,17H,11-13H2,1H3. The molecule has 0 aromatic heterocycles. The van der Waals surface area contributed by atoms with E-state index in [0.29, 0.717) is 0 Å². The van der Waals surface area contributed by atoms with Gasteiger partial charge in [0.2, 0.25) is 0 Å². The van der Waals surface area contributed by atoms with Crippen LogP contribution >= 0.6 is 11.6 Å². The van der Waals surface area contributed by atoms with Gasteiger partial charge in [0.25, 0.3) is 0 Å². The highest BCUT2D eigenvalue weighted by Crippen LogP contribution is 2.53. The largest absolute Gasteiger partial charge is 0.496 e. The highest BCUT2D eigenvalue weighted by molar-refractivity contribution is 6.22. The molecule has 0 N–H and O–H groups in total. The minimum absolute atomic E-state index is 0.112. The smallest absolute Gasteiger partial charge is 0.122 e. The van der Waals surface area contributed by atoms with E-state index < -0.39 is 0 Å². The van der Waals surface area contributed by atoms with E-state index in [-0.39, 0.29) is 10.8 Å². The van der Waals surface area contributed by atoms with E-state index in [4.69, 9.17) is 16.3 Å². The lowest BCUT2D eigenvalue weighted by Crippen LogP contribution is -2.23. The lowest BCUT2D eigenvalue weighted by Gasteiger charge is -2.23. The Morgan fingerprint density at radius 3 is 2.35 bits per heavy atom. The SMILES string of the molecule is COc1ccccc1CC(Cl)C1(c2ccccc2)CC1. The molecular formula is C18H19ClO. The van der Waals surface area contributed by atoms with Gasteiger partial charge in [-0.25, -0.2) is 0 Å². The number of alkyl halides is 1. The topological polar surface area (TPSA) is 9.23 Å². The number of rotatable bonds is 5. The highest BCUT2D eigenvalue weighted by atomic mass is 35.5. The van der Waals surface area contributed by atoms with Crippen molar-refractivity contribution in [3.63, 3.8) is 0 Å². The lowest BCUT2D eigenvalue weighted by molar-refractivity contribution is 0.408. The van der Waals surface area contributed by atoms with Crippen molar-refractivity contribution in [2.45, 2.75) is 30.1 Å². The van der Waals surface area contributed by atoms with Crippen LogP contribution in [0.5, 0.6) is 5.75 Å². The number of ether oxygens (including phenoxy) is 1. The predicted molar refractivity (Wildman–Crippen MR) is 83.7 cm³/mol. The molecular weight excluding hydrogens is 268 g/mol. The zero-order chi connectivity index (χ0) is 14.0. The molecule has 20 heavy (non-hydrogen) atoms. The second-order valence-electron chi connectivity index (χ2n) is 5.51. The lowest BCUT2D eigenvalue weighted by atomic mass is 9.88. The van der Waals surface area contributed by atoms with Gasteiger partial charge in [-0.1, -0.05) is 48.5 Å². The van der Waals surface area contributed by atoms with Crippen LogP contribution in [0.3, 0.4) is 0 Å². The highest BCUT2D eigenvalue weighted by Gasteiger charge is 2.49. The minimum atomic E-state index is 0.112. The Balaban J connectivity index is 1.82. The van der Waals surface area contributed by atoms with Crippen LogP contribution in [0.4, 0.5) is 0 Å². The van der Waals surface area contributed by atoms with Crippen LogP contribution in [0, 0.1) is 0 Å². The average molecular weight is 287 g/mol. The molecule has 0 radical (unpaired) electrons. The minimum Gasteiger partial charge on any atom is -0.496 e. The maximum absolute atomic E-state index is 6.78. The molecule has 1 unspecified atom stereocenters. The third-order valence-electron chi connectivity index (χ3n) is 4.33. The van der Waals surface area contributed by atoms with E-state index in [1.807, 2.05) is 18.2 Å². The van der Waals surface area contributed by atoms with Crippen molar-refractivity contribution in [1.29, 1.82) is 0 Å². The van der Waals surface area contributed by atoms with Crippen molar-refractivity contribution in [3.05, 3.63) is 65.7 Å². The first-order chi connectivity index (χ1) is 9.76. The summed E-state index contributed by atoms with van der Waals surface area (Å²) < 4.78 is 5.43. The van der Waals surface area contributed by atoms with E-state index in [1.165, 1.54) is 24.0 Å². The van der Waals surface area contributed by atoms with Crippen LogP contribution in [-0.2, 0) is 11.8 Å². The summed E-state index contributed by atoms with van der Waals surface area (Å²) in [4.78, 5) is 0. The molecule has 0 heterocycles. The Labute approximate surface area is 125 Å². The summed E-state index contributed by atoms with van der Waals surface area (Å²) >= 11 is 6.78. The van der Waals surface area contributed by atoms with Crippen molar-refractivity contribution in [2.75, 3.05) is 7.11 Å². The predicted octanol–water partition coefficient (Wildman–Crippen LogP) is 4.58. The van der Waals surface area contributed by atoms with Gasteiger partial charge in [-0.2, -0.15) is 0 Å². The van der Waals surface area contributed by atoms with Crippen LogP contribution in [0.15, 0.2) is 54.6 Å². The summed E-state index contributed by atoms with van der Waals surface area (Å²) in [5.41, 5.74) is 2.72. The average Bonchev–Trinajstić information content (AvgIpc) is 3.30. The second kappa shape index (κ2) is 5.49. The second-order valence-corrected chi connectivity index (χ2v) is 6.03. The first kappa shape index (κ1) is 13.5. The maximum Gasteiger partial charge on any atom is 0.122 e. The summed E-state index contributed by atoms with van der Waals surface area (Å²) in [5, 5.41) is 0.112. The van der Waals surface area contributed by atoms with Crippen LogP contribution in [-0.4, -0.2) is 12.5 Å². The van der Waals surface area contributed by atoms with Gasteiger partial charge >= 0.3 is 0 Å². The fraction of sp³-hybridized carbons (Fsp3) is 0.333. The van der Waals surface area contributed by atoms with E-state index in [9.17, 15) is 0 Å². The van der Waals surface area contributed by atoms with Gasteiger partial charge in [-0.05, 0) is 36.5 Å². The summed E-state index contributed by atoms with van der Waals surface area (Å²) in [5.74, 6) is 0.932. The maximum atomic E-state index is 6.78. The van der Waals surface area contributed by atoms with Crippen LogP contribution in [0.1, 0.15) is 24.0 Å². The first-order valence-corrected chi connectivity index (χ1v) is 7.51. The van der Waals surface area contributed by atoms with Gasteiger partial charge in [0.15, 0.2) is 0 Å². The number of hydrogen-bond acceptors (Lipinski definition) is 1. The van der Waals surface area contributed by atoms with E-state index in [0.717, 1.165) is 12.2 Å². The molecule has 0 saturated heterocycles. The molecule has 0 aliphatic heterocycles. The third kappa shape index (κ3) is 2.43. The van der Waals surface area contributed by atoms with Gasteiger partial charge in [0, 0.05) is 10.8 Å². The summed E-state index contributed by atoms with van der Waals surface area (Å²) in [7, 11) is 1.71. The molecule has 1 atom stereocenters. The monoisotopic (exact) mass is 286 g/mol. The molecule has 1 saturated carbocycles. The van der Waals surface area contributed by atoms with Crippen molar-refractivity contribution < 1.29 is 4.74 Å². The number of hydrogen-bond donors (Lipinski definition) is 0. The van der Waals surface area contributed by atoms with Crippen molar-refractivity contribution in [1.82, 2.24) is 0 Å². The Morgan fingerprint density at radius 1 is 1.05 bits per heavy atom. The molecule has 1 aliphatic carbocycles. The quantitative estimate of drug-likeness (QED) is 0.731. The number of halogens is 1. The molecule has 1 fully saturated rings. The van der Waals surface area contributed by atoms with Gasteiger partial charge < -0.3 is 4.74 Å². The van der Waals surface area contributed by atoms with Gasteiger partial charge in [-0.15, -0.1) is 11.6 Å². The molecule has 2 aromatic rings. The number of para-hydroxylation sites is 1. The van der Waals surface area contributed by atoms with E-state index in [2.05, 4.69) is 36.4 Å². The Hall–Kier alpha value is -1.47. The molecule has 2 heteroatoms. The molecule has 104 valence electrons. The molecule has 2 aromatic carbocycles. The molecule has 0 bridgehead atoms. The fourth-order valence-corrected chi connectivity index (χ4v) is 3.46. The Morgan fingerprint density at radius 2 is 1.70 bits per heavy atom. The molecule has 1 nitrogen and oxygen atoms in total. The van der Waals surface area contributed by atoms with E-state index >= 15 is 0 Å². The third-order valence-corrected chi connectivity index (χ3v) is 4.90. The van der Waals surface area contributed by atoms with Crippen molar-refractivity contribution in [2.24, 2.45) is 0 Å². The van der Waals surface area contributed by atoms with Crippen LogP contribution in [0.25, 0.3) is 0 Å². The Bertz CT molecular complexity index is 575. The number of methoxy groups -OCH3 is 1. The van der Waals surface area contributed by atoms with E-state index in [1.54, 1.807) is 7.11 Å². The zero-order valence-electron chi connectivity index (χ0n) is 11.7. The molecule has 0 amide bonds. The van der Waals surface area contributed by atoms with Gasteiger partial charge in [0.05, 0.1) is 7.11 Å². The molecule has 0 spiro atoms.